The van der Waals surface area contributed by atoms with Crippen LogP contribution < -0.4 is 0 Å². The Balaban J connectivity index is 3.14. The zero-order valence-electron chi connectivity index (χ0n) is 5.07. The van der Waals surface area contributed by atoms with Gasteiger partial charge in [-0.15, -0.1) is 0 Å². The molecule has 0 aliphatic heterocycles. The van der Waals surface area contributed by atoms with Gasteiger partial charge in [-0.1, -0.05) is 46.4 Å². The summed E-state index contributed by atoms with van der Waals surface area (Å²) in [6, 6.07) is 0. The summed E-state index contributed by atoms with van der Waals surface area (Å²) in [7, 11) is 0. The Hall–Kier alpha value is 0.310. The van der Waals surface area contributed by atoms with E-state index < -0.39 is 10.1 Å². The Morgan fingerprint density at radius 3 is 2.18 bits per heavy atom. The van der Waals surface area contributed by atoms with Crippen molar-refractivity contribution < 1.29 is 4.79 Å². The summed E-state index contributed by atoms with van der Waals surface area (Å²) in [4.78, 5) is 11.1. The fraction of sp³-hybridized carbons (Fsp3) is 0.167. The molecule has 0 saturated carbocycles. The molecule has 1 nitrogen and oxygen atoms in total. The predicted molar refractivity (Wildman–Crippen MR) is 47.3 cm³/mol. The molecule has 1 aliphatic rings. The highest BCUT2D eigenvalue weighted by atomic mass is 35.5. The monoisotopic (exact) mass is 230 g/mol. The lowest BCUT2D eigenvalue weighted by Gasteiger charge is -2.19. The lowest BCUT2D eigenvalue weighted by molar-refractivity contribution is -0.114. The number of carbonyl (C=O) groups excluding carboxylic acids is 1. The molecule has 0 fully saturated rings. The minimum absolute atomic E-state index is 0.0144. The predicted octanol–water partition coefficient (Wildman–Crippen LogP) is 2.99. The first kappa shape index (κ1) is 9.40. The van der Waals surface area contributed by atoms with Crippen molar-refractivity contribution >= 4 is 52.2 Å². The van der Waals surface area contributed by atoms with E-state index in [1.807, 2.05) is 0 Å². The zero-order chi connectivity index (χ0) is 8.65. The Labute approximate surface area is 83.6 Å². The van der Waals surface area contributed by atoms with Crippen LogP contribution in [0.15, 0.2) is 22.2 Å². The summed E-state index contributed by atoms with van der Waals surface area (Å²) in [5.41, 5.74) is 0. The second-order valence-electron chi connectivity index (χ2n) is 1.93. The van der Waals surface area contributed by atoms with Crippen LogP contribution in [-0.4, -0.2) is 10.1 Å². The Morgan fingerprint density at radius 1 is 1.18 bits per heavy atom. The van der Waals surface area contributed by atoms with Gasteiger partial charge in [-0.25, -0.2) is 0 Å². The standard InChI is InChI=1S/C6H2Cl4O/c7-3-1-2-4(8)6(9,10)5(3)11/h1-2H. The van der Waals surface area contributed by atoms with Crippen LogP contribution in [0.1, 0.15) is 0 Å². The molecule has 0 N–H and O–H groups in total. The Kier molecular flexibility index (Phi) is 2.55. The van der Waals surface area contributed by atoms with Crippen molar-refractivity contribution in [1.82, 2.24) is 0 Å². The summed E-state index contributed by atoms with van der Waals surface area (Å²) in [6.07, 6.45) is 2.75. The number of Topliss-reactive ketones (excluding diaryl/α,β-unsaturated/α-hetero) is 1. The van der Waals surface area contributed by atoms with Crippen LogP contribution in [0.5, 0.6) is 0 Å². The largest absolute Gasteiger partial charge is 0.289 e. The van der Waals surface area contributed by atoms with Crippen molar-refractivity contribution in [3.63, 3.8) is 0 Å². The number of carbonyl (C=O) groups is 1. The van der Waals surface area contributed by atoms with Gasteiger partial charge >= 0.3 is 0 Å². The normalized spacial score (nSPS) is 22.7. The van der Waals surface area contributed by atoms with Gasteiger partial charge < -0.3 is 0 Å². The third-order valence-electron chi connectivity index (χ3n) is 1.18. The second-order valence-corrected chi connectivity index (χ2v) is 4.07. The molecule has 0 aromatic carbocycles. The van der Waals surface area contributed by atoms with Gasteiger partial charge in [0.25, 0.3) is 0 Å². The fourth-order valence-corrected chi connectivity index (χ4v) is 1.36. The molecule has 0 heterocycles. The Morgan fingerprint density at radius 2 is 1.73 bits per heavy atom. The van der Waals surface area contributed by atoms with Crippen molar-refractivity contribution in [1.29, 1.82) is 0 Å². The Bertz CT molecular complexity index is 260. The van der Waals surface area contributed by atoms with Crippen LogP contribution in [0, 0.1) is 0 Å². The molecule has 0 amide bonds. The van der Waals surface area contributed by atoms with Crippen LogP contribution in [-0.2, 0) is 4.79 Å². The summed E-state index contributed by atoms with van der Waals surface area (Å²) in [5, 5.41) is 0.0506. The summed E-state index contributed by atoms with van der Waals surface area (Å²) in [5.74, 6) is -0.588. The van der Waals surface area contributed by atoms with E-state index in [9.17, 15) is 4.79 Å². The molecule has 0 aromatic heterocycles. The molecular weight excluding hydrogens is 230 g/mol. The maximum absolute atomic E-state index is 11.1. The van der Waals surface area contributed by atoms with Crippen LogP contribution in [0.4, 0.5) is 0 Å². The smallest absolute Gasteiger partial charge is 0.216 e. The third-order valence-corrected chi connectivity index (χ3v) is 2.83. The molecule has 5 heteroatoms. The van der Waals surface area contributed by atoms with Crippen molar-refractivity contribution in [2.24, 2.45) is 0 Å². The first-order chi connectivity index (χ1) is 4.96. The number of allylic oxidation sites excluding steroid dienone is 4. The molecule has 1 rings (SSSR count). The number of halogens is 4. The fourth-order valence-electron chi connectivity index (χ4n) is 0.585. The first-order valence-corrected chi connectivity index (χ1v) is 4.13. The number of hydrogen-bond acceptors (Lipinski definition) is 1. The van der Waals surface area contributed by atoms with Crippen LogP contribution in [0.3, 0.4) is 0 Å². The molecule has 1 aliphatic carbocycles. The maximum Gasteiger partial charge on any atom is 0.216 e. The number of alkyl halides is 2. The number of hydrogen-bond donors (Lipinski definition) is 0. The molecule has 0 atom stereocenters. The highest BCUT2D eigenvalue weighted by Gasteiger charge is 2.40. The van der Waals surface area contributed by atoms with Crippen molar-refractivity contribution in [3.05, 3.63) is 22.2 Å². The van der Waals surface area contributed by atoms with Gasteiger partial charge in [0, 0.05) is 0 Å². The van der Waals surface area contributed by atoms with Gasteiger partial charge in [-0.05, 0) is 12.2 Å². The lowest BCUT2D eigenvalue weighted by Crippen LogP contribution is -2.28. The molecule has 0 aromatic rings. The van der Waals surface area contributed by atoms with E-state index in [1.165, 1.54) is 12.2 Å². The van der Waals surface area contributed by atoms with Gasteiger partial charge in [-0.2, -0.15) is 0 Å². The van der Waals surface area contributed by atoms with E-state index >= 15 is 0 Å². The van der Waals surface area contributed by atoms with Crippen molar-refractivity contribution in [2.75, 3.05) is 0 Å². The van der Waals surface area contributed by atoms with Crippen LogP contribution >= 0.6 is 46.4 Å². The minimum atomic E-state index is -1.70. The van der Waals surface area contributed by atoms with Crippen LogP contribution in [0.2, 0.25) is 0 Å². The summed E-state index contributed by atoms with van der Waals surface area (Å²) < 4.78 is -1.70. The zero-order valence-corrected chi connectivity index (χ0v) is 8.10. The SMILES string of the molecule is O=C1C(Cl)=CC=C(Cl)C1(Cl)Cl. The number of ketones is 1. The molecule has 0 saturated heterocycles. The van der Waals surface area contributed by atoms with E-state index in [0.717, 1.165) is 0 Å². The van der Waals surface area contributed by atoms with E-state index in [1.54, 1.807) is 0 Å². The van der Waals surface area contributed by atoms with Gasteiger partial charge in [0.05, 0.1) is 10.1 Å². The molecule has 0 radical (unpaired) electrons. The van der Waals surface area contributed by atoms with E-state index in [4.69, 9.17) is 46.4 Å². The quantitative estimate of drug-likeness (QED) is 0.586. The minimum Gasteiger partial charge on any atom is -0.289 e. The molecule has 60 valence electrons. The number of rotatable bonds is 0. The topological polar surface area (TPSA) is 17.1 Å². The van der Waals surface area contributed by atoms with E-state index in [2.05, 4.69) is 0 Å². The highest BCUT2D eigenvalue weighted by Crippen LogP contribution is 2.39. The molecule has 11 heavy (non-hydrogen) atoms. The van der Waals surface area contributed by atoms with Crippen molar-refractivity contribution in [3.8, 4) is 0 Å². The average Bonchev–Trinajstić information content (AvgIpc) is 1.95. The van der Waals surface area contributed by atoms with Crippen molar-refractivity contribution in [2.45, 2.75) is 4.33 Å². The molecule has 0 unspecified atom stereocenters. The van der Waals surface area contributed by atoms with Crippen LogP contribution in [0.25, 0.3) is 0 Å². The van der Waals surface area contributed by atoms with Gasteiger partial charge in [-0.3, -0.25) is 4.79 Å². The first-order valence-electron chi connectivity index (χ1n) is 2.62. The lowest BCUT2D eigenvalue weighted by atomic mass is 10.1. The average molecular weight is 232 g/mol. The third kappa shape index (κ3) is 1.57. The maximum atomic E-state index is 11.1. The highest BCUT2D eigenvalue weighted by molar-refractivity contribution is 6.69. The molecule has 0 bridgehead atoms. The van der Waals surface area contributed by atoms with E-state index in [-0.39, 0.29) is 10.1 Å². The van der Waals surface area contributed by atoms with E-state index in [0.29, 0.717) is 0 Å². The van der Waals surface area contributed by atoms with Gasteiger partial charge in [0.2, 0.25) is 10.1 Å². The summed E-state index contributed by atoms with van der Waals surface area (Å²) >= 11 is 22.1. The van der Waals surface area contributed by atoms with Gasteiger partial charge in [0.1, 0.15) is 0 Å². The summed E-state index contributed by atoms with van der Waals surface area (Å²) in [6.45, 7) is 0. The molecular formula is C6H2Cl4O. The van der Waals surface area contributed by atoms with Gasteiger partial charge in [0.15, 0.2) is 0 Å². The molecule has 0 spiro atoms. The second kappa shape index (κ2) is 2.98.